The molecule has 3 N–H and O–H groups in total. The largest absolute Gasteiger partial charge is 0.481 e. The Hall–Kier alpha value is -1.88. The molecule has 0 bridgehead atoms. The number of carbonyl (C=O) groups excluding carboxylic acids is 1. The maximum Gasteiger partial charge on any atom is 0.337 e. The van der Waals surface area contributed by atoms with Gasteiger partial charge in [0.15, 0.2) is 0 Å². The fraction of sp³-hybridized carbons (Fsp3) is 0.273. The van der Waals surface area contributed by atoms with E-state index in [4.69, 9.17) is 10.8 Å². The fourth-order valence-electron chi connectivity index (χ4n) is 1.38. The first kappa shape index (κ1) is 12.2. The number of hydrogen-bond acceptors (Lipinski definition) is 4. The monoisotopic (exact) mass is 223 g/mol. The van der Waals surface area contributed by atoms with Crippen molar-refractivity contribution in [3.63, 3.8) is 0 Å². The zero-order valence-corrected chi connectivity index (χ0v) is 8.84. The first-order valence-electron chi connectivity index (χ1n) is 4.71. The number of carbonyl (C=O) groups is 2. The lowest BCUT2D eigenvalue weighted by molar-refractivity contribution is -0.138. The van der Waals surface area contributed by atoms with E-state index in [0.717, 1.165) is 0 Å². The molecule has 0 aromatic heterocycles. The smallest absolute Gasteiger partial charge is 0.337 e. The molecule has 0 fully saturated rings. The molecule has 1 aromatic rings. The van der Waals surface area contributed by atoms with Crippen LogP contribution in [-0.4, -0.2) is 30.7 Å². The summed E-state index contributed by atoms with van der Waals surface area (Å²) in [4.78, 5) is 22.1. The second kappa shape index (κ2) is 5.27. The predicted octanol–water partition coefficient (Wildman–Crippen LogP) is 0.600. The van der Waals surface area contributed by atoms with E-state index in [-0.39, 0.29) is 6.54 Å². The molecule has 5 heteroatoms. The Bertz CT molecular complexity index is 403. The molecule has 1 rings (SSSR count). The van der Waals surface area contributed by atoms with Gasteiger partial charge in [-0.05, 0) is 17.7 Å². The Morgan fingerprint density at radius 3 is 2.69 bits per heavy atom. The molecule has 0 aliphatic rings. The molecule has 16 heavy (non-hydrogen) atoms. The summed E-state index contributed by atoms with van der Waals surface area (Å²) in [5.41, 5.74) is 6.18. The number of carboxylic acid groups (broad SMARTS) is 1. The average molecular weight is 223 g/mol. The first-order chi connectivity index (χ1) is 7.60. The minimum Gasteiger partial charge on any atom is -0.481 e. The van der Waals surface area contributed by atoms with Crippen LogP contribution in [0.15, 0.2) is 24.3 Å². The maximum atomic E-state index is 11.2. The van der Waals surface area contributed by atoms with Crippen LogP contribution in [0.3, 0.4) is 0 Å². The Kier molecular flexibility index (Phi) is 4.02. The minimum absolute atomic E-state index is 0.0139. The van der Waals surface area contributed by atoms with Gasteiger partial charge in [0.1, 0.15) is 0 Å². The summed E-state index contributed by atoms with van der Waals surface area (Å²) in [7, 11) is 1.27. The van der Waals surface area contributed by atoms with E-state index in [9.17, 15) is 9.59 Å². The molecule has 86 valence electrons. The van der Waals surface area contributed by atoms with Crippen LogP contribution in [0.25, 0.3) is 0 Å². The second-order valence-corrected chi connectivity index (χ2v) is 3.24. The predicted molar refractivity (Wildman–Crippen MR) is 57.2 cm³/mol. The number of hydrogen-bond donors (Lipinski definition) is 2. The van der Waals surface area contributed by atoms with Crippen molar-refractivity contribution in [2.75, 3.05) is 13.7 Å². The SMILES string of the molecule is COC(=O)c1cccc(C(CN)C(=O)O)c1. The number of esters is 1. The number of nitrogens with two attached hydrogens (primary N) is 1. The lowest BCUT2D eigenvalue weighted by Gasteiger charge is -2.10. The molecule has 0 radical (unpaired) electrons. The zero-order chi connectivity index (χ0) is 12.1. The summed E-state index contributed by atoms with van der Waals surface area (Å²) >= 11 is 0. The van der Waals surface area contributed by atoms with Crippen LogP contribution < -0.4 is 5.73 Å². The van der Waals surface area contributed by atoms with Gasteiger partial charge in [-0.15, -0.1) is 0 Å². The molecule has 0 aliphatic heterocycles. The van der Waals surface area contributed by atoms with Gasteiger partial charge in [-0.1, -0.05) is 12.1 Å². The van der Waals surface area contributed by atoms with Gasteiger partial charge < -0.3 is 15.6 Å². The van der Waals surface area contributed by atoms with Crippen LogP contribution in [0.1, 0.15) is 21.8 Å². The lowest BCUT2D eigenvalue weighted by atomic mass is 9.97. The summed E-state index contributed by atoms with van der Waals surface area (Å²) in [6, 6.07) is 6.27. The van der Waals surface area contributed by atoms with Crippen molar-refractivity contribution in [1.29, 1.82) is 0 Å². The third kappa shape index (κ3) is 2.58. The average Bonchev–Trinajstić information content (AvgIpc) is 2.29. The quantitative estimate of drug-likeness (QED) is 0.729. The number of ether oxygens (including phenoxy) is 1. The number of rotatable bonds is 4. The normalized spacial score (nSPS) is 11.9. The highest BCUT2D eigenvalue weighted by molar-refractivity contribution is 5.90. The van der Waals surface area contributed by atoms with Gasteiger partial charge in [0.05, 0.1) is 18.6 Å². The second-order valence-electron chi connectivity index (χ2n) is 3.24. The van der Waals surface area contributed by atoms with Gasteiger partial charge in [-0.25, -0.2) is 4.79 Å². The summed E-state index contributed by atoms with van der Waals surface area (Å²) < 4.78 is 4.55. The highest BCUT2D eigenvalue weighted by Gasteiger charge is 2.19. The van der Waals surface area contributed by atoms with Gasteiger partial charge in [-0.2, -0.15) is 0 Å². The number of aliphatic carboxylic acids is 1. The minimum atomic E-state index is -1.01. The molecule has 0 saturated heterocycles. The Morgan fingerprint density at radius 1 is 1.50 bits per heavy atom. The first-order valence-corrected chi connectivity index (χ1v) is 4.71. The summed E-state index contributed by atoms with van der Waals surface area (Å²) in [6.45, 7) is -0.0139. The van der Waals surface area contributed by atoms with Crippen molar-refractivity contribution in [2.45, 2.75) is 5.92 Å². The molecule has 0 heterocycles. The van der Waals surface area contributed by atoms with Crippen LogP contribution in [0, 0.1) is 0 Å². The maximum absolute atomic E-state index is 11.2. The topological polar surface area (TPSA) is 89.6 Å². The highest BCUT2D eigenvalue weighted by atomic mass is 16.5. The highest BCUT2D eigenvalue weighted by Crippen LogP contribution is 2.16. The summed E-state index contributed by atoms with van der Waals surface area (Å²) in [6.07, 6.45) is 0. The summed E-state index contributed by atoms with van der Waals surface area (Å²) in [5.74, 6) is -2.31. The molecular weight excluding hydrogens is 210 g/mol. The van der Waals surface area contributed by atoms with Crippen molar-refractivity contribution < 1.29 is 19.4 Å². The molecule has 1 aromatic carbocycles. The summed E-state index contributed by atoms with van der Waals surface area (Å²) in [5, 5.41) is 8.92. The Labute approximate surface area is 92.8 Å². The van der Waals surface area contributed by atoms with Gasteiger partial charge in [0, 0.05) is 6.54 Å². The van der Waals surface area contributed by atoms with Crippen molar-refractivity contribution in [3.8, 4) is 0 Å². The van der Waals surface area contributed by atoms with Crippen LogP contribution in [0.2, 0.25) is 0 Å². The molecule has 0 saturated carbocycles. The number of carboxylic acids is 1. The van der Waals surface area contributed by atoms with E-state index >= 15 is 0 Å². The van der Waals surface area contributed by atoms with Crippen LogP contribution in [0.5, 0.6) is 0 Å². The third-order valence-electron chi connectivity index (χ3n) is 2.24. The van der Waals surface area contributed by atoms with Crippen molar-refractivity contribution in [2.24, 2.45) is 5.73 Å². The van der Waals surface area contributed by atoms with E-state index in [0.29, 0.717) is 11.1 Å². The molecule has 0 spiro atoms. The van der Waals surface area contributed by atoms with Gasteiger partial charge in [0.25, 0.3) is 0 Å². The van der Waals surface area contributed by atoms with Gasteiger partial charge in [-0.3, -0.25) is 4.79 Å². The van der Waals surface area contributed by atoms with Crippen LogP contribution in [-0.2, 0) is 9.53 Å². The molecule has 1 unspecified atom stereocenters. The van der Waals surface area contributed by atoms with E-state index in [1.165, 1.54) is 13.2 Å². The van der Waals surface area contributed by atoms with E-state index in [1.807, 2.05) is 0 Å². The molecular formula is C11H13NO4. The van der Waals surface area contributed by atoms with Gasteiger partial charge >= 0.3 is 11.9 Å². The van der Waals surface area contributed by atoms with E-state index < -0.39 is 17.9 Å². The fourth-order valence-corrected chi connectivity index (χ4v) is 1.38. The van der Waals surface area contributed by atoms with Crippen molar-refractivity contribution in [1.82, 2.24) is 0 Å². The van der Waals surface area contributed by atoms with Crippen LogP contribution in [0.4, 0.5) is 0 Å². The molecule has 0 amide bonds. The molecule has 1 atom stereocenters. The lowest BCUT2D eigenvalue weighted by Crippen LogP contribution is -2.21. The Morgan fingerprint density at radius 2 is 2.19 bits per heavy atom. The number of benzene rings is 1. The third-order valence-corrected chi connectivity index (χ3v) is 2.24. The van der Waals surface area contributed by atoms with Crippen molar-refractivity contribution in [3.05, 3.63) is 35.4 Å². The molecule has 5 nitrogen and oxygen atoms in total. The van der Waals surface area contributed by atoms with Crippen LogP contribution >= 0.6 is 0 Å². The molecule has 0 aliphatic carbocycles. The zero-order valence-electron chi connectivity index (χ0n) is 8.84. The Balaban J connectivity index is 3.06. The van der Waals surface area contributed by atoms with E-state index in [1.54, 1.807) is 18.2 Å². The number of methoxy groups -OCH3 is 1. The van der Waals surface area contributed by atoms with Gasteiger partial charge in [0.2, 0.25) is 0 Å². The van der Waals surface area contributed by atoms with Crippen molar-refractivity contribution >= 4 is 11.9 Å². The van der Waals surface area contributed by atoms with E-state index in [2.05, 4.69) is 4.74 Å². The standard InChI is InChI=1S/C11H13NO4/c1-16-11(15)8-4-2-3-7(5-8)9(6-12)10(13)14/h2-5,9H,6,12H2,1H3,(H,13,14).